The molecule has 30 heavy (non-hydrogen) atoms. The molecule has 0 aliphatic rings. The third kappa shape index (κ3) is 7.03. The van der Waals surface area contributed by atoms with Crippen LogP contribution in [-0.2, 0) is 14.3 Å². The summed E-state index contributed by atoms with van der Waals surface area (Å²) in [5.74, 6) is -0.822. The molecule has 0 saturated carbocycles. The number of likely N-dealkylation sites (N-methyl/N-ethyl adjacent to an activating group) is 1. The number of hydrogen-bond acceptors (Lipinski definition) is 4. The van der Waals surface area contributed by atoms with Crippen LogP contribution in [0, 0.1) is 5.92 Å². The number of nitrogens with one attached hydrogen (secondary N) is 1. The van der Waals surface area contributed by atoms with E-state index in [1.165, 1.54) is 0 Å². The Kier molecular flexibility index (Phi) is 8.59. The van der Waals surface area contributed by atoms with Crippen molar-refractivity contribution in [3.05, 3.63) is 60.2 Å². The second kappa shape index (κ2) is 11.1. The average Bonchev–Trinajstić information content (AvgIpc) is 2.75. The van der Waals surface area contributed by atoms with Gasteiger partial charge in [0.05, 0.1) is 0 Å². The number of carbonyl (C=O) groups excluding carboxylic acids is 3. The molecule has 1 unspecified atom stereocenters. The topological polar surface area (TPSA) is 75.7 Å². The van der Waals surface area contributed by atoms with Crippen LogP contribution in [0.5, 0.6) is 0 Å². The van der Waals surface area contributed by atoms with E-state index in [1.807, 2.05) is 49.4 Å². The van der Waals surface area contributed by atoms with E-state index in [0.29, 0.717) is 11.5 Å². The highest BCUT2D eigenvalue weighted by Gasteiger charge is 2.18. The molecular weight excluding hydrogens is 380 g/mol. The molecule has 0 aromatic heterocycles. The van der Waals surface area contributed by atoms with Gasteiger partial charge in [0.2, 0.25) is 0 Å². The zero-order valence-electron chi connectivity index (χ0n) is 18.1. The summed E-state index contributed by atoms with van der Waals surface area (Å²) >= 11 is 0. The molecule has 2 aromatic carbocycles. The molecule has 0 saturated heterocycles. The maximum absolute atomic E-state index is 12.2. The molecule has 6 heteroatoms. The Morgan fingerprint density at radius 2 is 1.53 bits per heavy atom. The van der Waals surface area contributed by atoms with Crippen molar-refractivity contribution in [3.63, 3.8) is 0 Å². The molecule has 2 aromatic rings. The highest BCUT2D eigenvalue weighted by Crippen LogP contribution is 2.19. The first-order valence-corrected chi connectivity index (χ1v) is 10.1. The smallest absolute Gasteiger partial charge is 0.325 e. The van der Waals surface area contributed by atoms with Crippen molar-refractivity contribution < 1.29 is 19.1 Å². The lowest BCUT2D eigenvalue weighted by molar-refractivity contribution is -0.151. The minimum atomic E-state index is -0.650. The van der Waals surface area contributed by atoms with Gasteiger partial charge in [0.25, 0.3) is 11.8 Å². The van der Waals surface area contributed by atoms with Crippen molar-refractivity contribution in [3.8, 4) is 11.1 Å². The standard InChI is InChI=1S/C24H30N2O4/c1-17(2)14-18(3)26(4)22(27)16-30-23(28)15-25-24(29)21-12-10-20(11-13-21)19-8-6-5-7-9-19/h5-13,17-18H,14-16H2,1-4H3,(H,25,29). The van der Waals surface area contributed by atoms with E-state index in [2.05, 4.69) is 19.2 Å². The van der Waals surface area contributed by atoms with Gasteiger partial charge in [0.1, 0.15) is 6.54 Å². The van der Waals surface area contributed by atoms with Crippen LogP contribution < -0.4 is 5.32 Å². The predicted molar refractivity (Wildman–Crippen MR) is 117 cm³/mol. The van der Waals surface area contributed by atoms with Crippen LogP contribution in [0.2, 0.25) is 0 Å². The van der Waals surface area contributed by atoms with Gasteiger partial charge in [-0.3, -0.25) is 14.4 Å². The third-order valence-electron chi connectivity index (χ3n) is 4.87. The highest BCUT2D eigenvalue weighted by atomic mass is 16.5. The summed E-state index contributed by atoms with van der Waals surface area (Å²) in [7, 11) is 1.70. The van der Waals surface area contributed by atoms with Gasteiger partial charge < -0.3 is 15.0 Å². The van der Waals surface area contributed by atoms with Crippen LogP contribution >= 0.6 is 0 Å². The normalized spacial score (nSPS) is 11.6. The molecule has 0 bridgehead atoms. The molecule has 160 valence electrons. The van der Waals surface area contributed by atoms with Crippen molar-refractivity contribution in [2.75, 3.05) is 20.2 Å². The number of esters is 1. The molecule has 1 N–H and O–H groups in total. The molecule has 6 nitrogen and oxygen atoms in total. The second-order valence-electron chi connectivity index (χ2n) is 7.77. The van der Waals surface area contributed by atoms with Crippen LogP contribution in [0.15, 0.2) is 54.6 Å². The highest BCUT2D eigenvalue weighted by molar-refractivity contribution is 5.96. The van der Waals surface area contributed by atoms with Crippen LogP contribution in [0.1, 0.15) is 37.6 Å². The van der Waals surface area contributed by atoms with E-state index >= 15 is 0 Å². The minimum Gasteiger partial charge on any atom is -0.454 e. The molecule has 2 amide bonds. The molecule has 0 heterocycles. The van der Waals surface area contributed by atoms with Gasteiger partial charge in [-0.05, 0) is 42.5 Å². The Bertz CT molecular complexity index is 847. The second-order valence-corrected chi connectivity index (χ2v) is 7.77. The van der Waals surface area contributed by atoms with Gasteiger partial charge in [0, 0.05) is 18.7 Å². The van der Waals surface area contributed by atoms with Crippen LogP contribution in [0.25, 0.3) is 11.1 Å². The Labute approximate surface area is 178 Å². The van der Waals surface area contributed by atoms with Gasteiger partial charge in [-0.1, -0.05) is 56.3 Å². The molecule has 1 atom stereocenters. The number of rotatable bonds is 9. The molecule has 0 radical (unpaired) electrons. The molecule has 0 aliphatic carbocycles. The number of ether oxygens (including phenoxy) is 1. The van der Waals surface area contributed by atoms with E-state index in [9.17, 15) is 14.4 Å². The zero-order chi connectivity index (χ0) is 22.1. The van der Waals surface area contributed by atoms with Crippen molar-refractivity contribution >= 4 is 17.8 Å². The molecule has 2 rings (SSSR count). The van der Waals surface area contributed by atoms with Gasteiger partial charge in [-0.15, -0.1) is 0 Å². The zero-order valence-corrected chi connectivity index (χ0v) is 18.1. The fourth-order valence-corrected chi connectivity index (χ4v) is 3.08. The SMILES string of the molecule is CC(C)CC(C)N(C)C(=O)COC(=O)CNC(=O)c1ccc(-c2ccccc2)cc1. The van der Waals surface area contributed by atoms with E-state index in [0.717, 1.165) is 17.5 Å². The van der Waals surface area contributed by atoms with Crippen molar-refractivity contribution in [1.29, 1.82) is 0 Å². The van der Waals surface area contributed by atoms with Crippen molar-refractivity contribution in [1.82, 2.24) is 10.2 Å². The van der Waals surface area contributed by atoms with Gasteiger partial charge in [0.15, 0.2) is 6.61 Å². The van der Waals surface area contributed by atoms with Crippen LogP contribution in [0.4, 0.5) is 0 Å². The fourth-order valence-electron chi connectivity index (χ4n) is 3.08. The van der Waals surface area contributed by atoms with Crippen LogP contribution in [0.3, 0.4) is 0 Å². The Balaban J connectivity index is 1.77. The molecule has 0 fully saturated rings. The first-order valence-electron chi connectivity index (χ1n) is 10.1. The van der Waals surface area contributed by atoms with E-state index in [4.69, 9.17) is 4.74 Å². The summed E-state index contributed by atoms with van der Waals surface area (Å²) in [6.07, 6.45) is 0.870. The first-order chi connectivity index (χ1) is 14.3. The minimum absolute atomic E-state index is 0.0646. The summed E-state index contributed by atoms with van der Waals surface area (Å²) in [5.41, 5.74) is 2.51. The average molecular weight is 411 g/mol. The van der Waals surface area contributed by atoms with Gasteiger partial charge >= 0.3 is 5.97 Å². The summed E-state index contributed by atoms with van der Waals surface area (Å²) in [6, 6.07) is 17.0. The number of hydrogen-bond donors (Lipinski definition) is 1. The fraction of sp³-hybridized carbons (Fsp3) is 0.375. The quantitative estimate of drug-likeness (QED) is 0.642. The number of nitrogens with zero attached hydrogens (tertiary/aromatic N) is 1. The number of carbonyl (C=O) groups is 3. The largest absolute Gasteiger partial charge is 0.454 e. The maximum atomic E-state index is 12.2. The summed E-state index contributed by atoms with van der Waals surface area (Å²) in [4.78, 5) is 37.8. The van der Waals surface area contributed by atoms with E-state index < -0.39 is 5.97 Å². The number of benzene rings is 2. The lowest BCUT2D eigenvalue weighted by atomic mass is 10.0. The first kappa shape index (κ1) is 23.1. The Morgan fingerprint density at radius 1 is 0.933 bits per heavy atom. The van der Waals surface area contributed by atoms with E-state index in [-0.39, 0.29) is 31.0 Å². The summed E-state index contributed by atoms with van der Waals surface area (Å²) < 4.78 is 5.00. The maximum Gasteiger partial charge on any atom is 0.325 e. The molecule has 0 spiro atoms. The van der Waals surface area contributed by atoms with E-state index in [1.54, 1.807) is 24.1 Å². The van der Waals surface area contributed by atoms with Gasteiger partial charge in [-0.2, -0.15) is 0 Å². The molecular formula is C24H30N2O4. The molecule has 0 aliphatic heterocycles. The van der Waals surface area contributed by atoms with Crippen molar-refractivity contribution in [2.45, 2.75) is 33.2 Å². The monoisotopic (exact) mass is 410 g/mol. The Morgan fingerprint density at radius 3 is 2.13 bits per heavy atom. The summed E-state index contributed by atoms with van der Waals surface area (Å²) in [6.45, 7) is 5.51. The third-order valence-corrected chi connectivity index (χ3v) is 4.87. The van der Waals surface area contributed by atoms with Crippen LogP contribution in [-0.4, -0.2) is 48.9 Å². The predicted octanol–water partition coefficient (Wildman–Crippen LogP) is 3.52. The summed E-state index contributed by atoms with van der Waals surface area (Å²) in [5, 5.41) is 2.52. The van der Waals surface area contributed by atoms with Crippen molar-refractivity contribution in [2.24, 2.45) is 5.92 Å². The Hall–Kier alpha value is -3.15. The lowest BCUT2D eigenvalue weighted by Crippen LogP contribution is -2.39. The lowest BCUT2D eigenvalue weighted by Gasteiger charge is -2.26. The number of amides is 2. The van der Waals surface area contributed by atoms with Gasteiger partial charge in [-0.25, -0.2) is 0 Å².